The summed E-state index contributed by atoms with van der Waals surface area (Å²) < 4.78 is 0. The summed E-state index contributed by atoms with van der Waals surface area (Å²) in [6.45, 7) is 2.01. The lowest BCUT2D eigenvalue weighted by molar-refractivity contribution is -0.386. The minimum atomic E-state index is -0.384. The standard InChI is InChI=1S/C11H10O2/c1-11-7-6-10(12-13-11)8-4-2-3-5-9(8)11/h2-7,10H,1H3/t10-,11+/m1/s1. The molecule has 2 heteroatoms. The van der Waals surface area contributed by atoms with E-state index in [1.165, 1.54) is 11.1 Å². The minimum absolute atomic E-state index is 0.0157. The monoisotopic (exact) mass is 174 g/mol. The van der Waals surface area contributed by atoms with E-state index < -0.39 is 0 Å². The van der Waals surface area contributed by atoms with Crippen LogP contribution in [0.1, 0.15) is 24.2 Å². The summed E-state index contributed by atoms with van der Waals surface area (Å²) in [5, 5.41) is 0. The molecule has 1 aromatic rings. The van der Waals surface area contributed by atoms with Crippen LogP contribution < -0.4 is 0 Å². The molecule has 0 saturated heterocycles. The van der Waals surface area contributed by atoms with Crippen molar-refractivity contribution in [3.63, 3.8) is 0 Å². The maximum atomic E-state index is 5.30. The Balaban J connectivity index is 2.29. The zero-order valence-corrected chi connectivity index (χ0v) is 7.36. The maximum absolute atomic E-state index is 5.30. The smallest absolute Gasteiger partial charge is 0.144 e. The Morgan fingerprint density at radius 1 is 1.31 bits per heavy atom. The molecule has 0 radical (unpaired) electrons. The van der Waals surface area contributed by atoms with Crippen molar-refractivity contribution in [2.75, 3.05) is 0 Å². The molecule has 0 spiro atoms. The zero-order valence-electron chi connectivity index (χ0n) is 7.36. The summed E-state index contributed by atoms with van der Waals surface area (Å²) in [7, 11) is 0. The molecular weight excluding hydrogens is 164 g/mol. The molecule has 3 aliphatic rings. The van der Waals surface area contributed by atoms with Crippen molar-refractivity contribution >= 4 is 0 Å². The van der Waals surface area contributed by atoms with Crippen LogP contribution >= 0.6 is 0 Å². The topological polar surface area (TPSA) is 18.5 Å². The second-order valence-electron chi connectivity index (χ2n) is 3.65. The predicted molar refractivity (Wildman–Crippen MR) is 47.8 cm³/mol. The van der Waals surface area contributed by atoms with Crippen molar-refractivity contribution in [1.29, 1.82) is 0 Å². The van der Waals surface area contributed by atoms with Crippen LogP contribution in [0.5, 0.6) is 0 Å². The number of benzene rings is 1. The van der Waals surface area contributed by atoms with E-state index in [4.69, 9.17) is 9.78 Å². The summed E-state index contributed by atoms with van der Waals surface area (Å²) in [6.07, 6.45) is 4.09. The Morgan fingerprint density at radius 2 is 2.15 bits per heavy atom. The average Bonchev–Trinajstić information content (AvgIpc) is 2.19. The zero-order chi connectivity index (χ0) is 8.89. The summed E-state index contributed by atoms with van der Waals surface area (Å²) >= 11 is 0. The molecule has 1 aliphatic carbocycles. The van der Waals surface area contributed by atoms with Gasteiger partial charge in [-0.2, -0.15) is 0 Å². The first-order chi connectivity index (χ1) is 6.30. The predicted octanol–water partition coefficient (Wildman–Crippen LogP) is 2.47. The van der Waals surface area contributed by atoms with Gasteiger partial charge in [0.15, 0.2) is 0 Å². The summed E-state index contributed by atoms with van der Waals surface area (Å²) in [6, 6.07) is 8.24. The average molecular weight is 174 g/mol. The number of rotatable bonds is 0. The van der Waals surface area contributed by atoms with Crippen LogP contribution in [-0.4, -0.2) is 0 Å². The van der Waals surface area contributed by atoms with Crippen LogP contribution in [0.2, 0.25) is 0 Å². The molecular formula is C11H10O2. The van der Waals surface area contributed by atoms with E-state index in [0.717, 1.165) is 0 Å². The van der Waals surface area contributed by atoms with E-state index in [-0.39, 0.29) is 11.7 Å². The minimum Gasteiger partial charge on any atom is -0.223 e. The first-order valence-electron chi connectivity index (χ1n) is 4.43. The number of hydrogen-bond donors (Lipinski definition) is 0. The van der Waals surface area contributed by atoms with Gasteiger partial charge in [-0.3, -0.25) is 0 Å². The molecule has 2 heterocycles. The quantitative estimate of drug-likeness (QED) is 0.444. The molecule has 66 valence electrons. The normalized spacial score (nSPS) is 34.7. The molecule has 1 aromatic carbocycles. The van der Waals surface area contributed by atoms with E-state index in [1.807, 2.05) is 25.1 Å². The van der Waals surface area contributed by atoms with Crippen molar-refractivity contribution in [3.8, 4) is 0 Å². The molecule has 0 amide bonds. The van der Waals surface area contributed by atoms with Crippen molar-refractivity contribution in [3.05, 3.63) is 47.5 Å². The molecule has 0 unspecified atom stereocenters. The lowest BCUT2D eigenvalue weighted by atomic mass is 9.83. The Bertz CT molecular complexity index is 383. The van der Waals surface area contributed by atoms with Gasteiger partial charge in [0.2, 0.25) is 0 Å². The summed E-state index contributed by atoms with van der Waals surface area (Å²) in [5.74, 6) is 0. The summed E-state index contributed by atoms with van der Waals surface area (Å²) in [4.78, 5) is 10.5. The van der Waals surface area contributed by atoms with Crippen molar-refractivity contribution < 1.29 is 9.78 Å². The fourth-order valence-electron chi connectivity index (χ4n) is 1.97. The van der Waals surface area contributed by atoms with Gasteiger partial charge in [-0.15, -0.1) is 0 Å². The Hall–Kier alpha value is -1.12. The van der Waals surface area contributed by atoms with Crippen LogP contribution in [0.15, 0.2) is 36.4 Å². The second kappa shape index (κ2) is 2.22. The van der Waals surface area contributed by atoms with Crippen LogP contribution in [0.3, 0.4) is 0 Å². The van der Waals surface area contributed by atoms with Gasteiger partial charge in [-0.1, -0.05) is 24.3 Å². The second-order valence-corrected chi connectivity index (χ2v) is 3.65. The molecule has 0 saturated carbocycles. The van der Waals surface area contributed by atoms with Gasteiger partial charge in [-0.25, -0.2) is 9.78 Å². The number of fused-ring (bicyclic) bond motifs is 1. The summed E-state index contributed by atoms with van der Waals surface area (Å²) in [5.41, 5.74) is 2.05. The van der Waals surface area contributed by atoms with Crippen LogP contribution in [0.4, 0.5) is 0 Å². The largest absolute Gasteiger partial charge is 0.223 e. The van der Waals surface area contributed by atoms with Gasteiger partial charge in [0, 0.05) is 0 Å². The van der Waals surface area contributed by atoms with E-state index in [1.54, 1.807) is 0 Å². The third kappa shape index (κ3) is 0.844. The van der Waals surface area contributed by atoms with E-state index in [2.05, 4.69) is 18.2 Å². The van der Waals surface area contributed by atoms with Crippen molar-refractivity contribution in [2.45, 2.75) is 18.6 Å². The highest BCUT2D eigenvalue weighted by molar-refractivity contribution is 5.43. The molecule has 2 atom stereocenters. The molecule has 0 aromatic heterocycles. The van der Waals surface area contributed by atoms with Gasteiger partial charge in [0.05, 0.1) is 0 Å². The Labute approximate surface area is 76.7 Å². The van der Waals surface area contributed by atoms with Crippen LogP contribution in [-0.2, 0) is 15.4 Å². The van der Waals surface area contributed by atoms with Gasteiger partial charge >= 0.3 is 0 Å². The van der Waals surface area contributed by atoms with Gasteiger partial charge in [-0.05, 0) is 30.2 Å². The first kappa shape index (κ1) is 7.30. The SMILES string of the molecule is C[C@@]12C=C[C@@H](OO1)c1ccccc12. The van der Waals surface area contributed by atoms with Crippen LogP contribution in [0.25, 0.3) is 0 Å². The highest BCUT2D eigenvalue weighted by Crippen LogP contribution is 2.44. The fourth-order valence-corrected chi connectivity index (χ4v) is 1.97. The van der Waals surface area contributed by atoms with Crippen molar-refractivity contribution in [2.24, 2.45) is 0 Å². The fraction of sp³-hybridized carbons (Fsp3) is 0.273. The Morgan fingerprint density at radius 3 is 2.85 bits per heavy atom. The molecule has 13 heavy (non-hydrogen) atoms. The highest BCUT2D eigenvalue weighted by Gasteiger charge is 2.40. The van der Waals surface area contributed by atoms with Crippen molar-refractivity contribution in [1.82, 2.24) is 0 Å². The Kier molecular flexibility index (Phi) is 1.25. The van der Waals surface area contributed by atoms with Gasteiger partial charge in [0.25, 0.3) is 0 Å². The van der Waals surface area contributed by atoms with Gasteiger partial charge in [0.1, 0.15) is 11.7 Å². The third-order valence-electron chi connectivity index (χ3n) is 2.72. The van der Waals surface area contributed by atoms with E-state index >= 15 is 0 Å². The molecule has 2 bridgehead atoms. The molecule has 4 rings (SSSR count). The lowest BCUT2D eigenvalue weighted by Gasteiger charge is -2.39. The third-order valence-corrected chi connectivity index (χ3v) is 2.72. The molecule has 0 N–H and O–H groups in total. The lowest BCUT2D eigenvalue weighted by Crippen LogP contribution is -2.35. The molecule has 2 aliphatic heterocycles. The number of hydrogen-bond acceptors (Lipinski definition) is 2. The molecule has 2 nitrogen and oxygen atoms in total. The van der Waals surface area contributed by atoms with E-state index in [0.29, 0.717) is 0 Å². The maximum Gasteiger partial charge on any atom is 0.144 e. The van der Waals surface area contributed by atoms with Gasteiger partial charge < -0.3 is 0 Å². The van der Waals surface area contributed by atoms with E-state index in [9.17, 15) is 0 Å². The highest BCUT2D eigenvalue weighted by atomic mass is 17.2. The first-order valence-corrected chi connectivity index (χ1v) is 4.43. The molecule has 0 fully saturated rings. The van der Waals surface area contributed by atoms with Crippen LogP contribution in [0, 0.1) is 0 Å².